The molecule has 3 N–H and O–H groups in total. The topological polar surface area (TPSA) is 120 Å². The molecule has 2 aliphatic rings. The number of rotatable bonds is 4. The van der Waals surface area contributed by atoms with Crippen LogP contribution in [0, 0.1) is 0 Å². The Balaban J connectivity index is 1.55. The van der Waals surface area contributed by atoms with Crippen LogP contribution in [-0.2, 0) is 21.2 Å². The van der Waals surface area contributed by atoms with Gasteiger partial charge in [0.25, 0.3) is 15.9 Å². The van der Waals surface area contributed by atoms with Crippen molar-refractivity contribution < 1.29 is 23.1 Å². The Kier molecular flexibility index (Phi) is 4.23. The van der Waals surface area contributed by atoms with E-state index in [-0.39, 0.29) is 22.1 Å². The van der Waals surface area contributed by atoms with Crippen LogP contribution >= 0.6 is 0 Å². The van der Waals surface area contributed by atoms with Crippen LogP contribution in [0.2, 0.25) is 0 Å². The van der Waals surface area contributed by atoms with E-state index in [1.54, 1.807) is 24.3 Å². The third-order valence-electron chi connectivity index (χ3n) is 5.45. The Morgan fingerprint density at radius 2 is 1.90 bits per heavy atom. The number of sulfonamides is 1. The van der Waals surface area contributed by atoms with Gasteiger partial charge in [0.1, 0.15) is 5.69 Å². The molecule has 2 aromatic carbocycles. The molecule has 156 valence electrons. The number of H-pyrrole nitrogens is 1. The van der Waals surface area contributed by atoms with E-state index in [1.807, 2.05) is 12.1 Å². The van der Waals surface area contributed by atoms with Crippen LogP contribution in [0.3, 0.4) is 0 Å². The lowest BCUT2D eigenvalue weighted by Crippen LogP contribution is -2.29. The summed E-state index contributed by atoms with van der Waals surface area (Å²) in [4.78, 5) is 26.4. The quantitative estimate of drug-likeness (QED) is 0.545. The molecule has 3 heterocycles. The molecule has 1 aromatic heterocycles. The first kappa shape index (κ1) is 19.1. The molecule has 2 aliphatic heterocycles. The second-order valence-electron chi connectivity index (χ2n) is 7.31. The summed E-state index contributed by atoms with van der Waals surface area (Å²) >= 11 is 0. The van der Waals surface area contributed by atoms with Crippen molar-refractivity contribution >= 4 is 44.9 Å². The number of aromatic nitrogens is 1. The van der Waals surface area contributed by atoms with Crippen LogP contribution in [0.15, 0.2) is 59.5 Å². The van der Waals surface area contributed by atoms with E-state index in [9.17, 15) is 18.0 Å². The van der Waals surface area contributed by atoms with Crippen LogP contribution in [0.5, 0.6) is 0 Å². The predicted octanol–water partition coefficient (Wildman–Crippen LogP) is 2.96. The molecule has 3 aromatic rings. The van der Waals surface area contributed by atoms with Gasteiger partial charge in [-0.15, -0.1) is 0 Å². The van der Waals surface area contributed by atoms with Crippen LogP contribution in [0.1, 0.15) is 27.3 Å². The molecular formula is C22H17N3O5S. The maximum atomic E-state index is 13.4. The fraction of sp³-hybridized carbons (Fsp3) is 0.0909. The molecule has 0 bridgehead atoms. The molecule has 31 heavy (non-hydrogen) atoms. The molecule has 8 nitrogen and oxygen atoms in total. The van der Waals surface area contributed by atoms with Gasteiger partial charge < -0.3 is 15.4 Å². The minimum absolute atomic E-state index is 0.00509. The molecule has 0 atom stereocenters. The van der Waals surface area contributed by atoms with Gasteiger partial charge in [-0.05, 0) is 54.5 Å². The number of anilines is 2. The summed E-state index contributed by atoms with van der Waals surface area (Å²) in [6, 6.07) is 14.9. The standard InChI is InChI=1S/C22H17N3O5S/c26-21-17(11-14-5-7-19(23-14)22(27)28)16-12-15(6-8-18(16)24-21)31(29,30)25-10-9-13-3-1-2-4-20(13)25/h1-8,11-12,23H,9-10H2,(H,24,26)(H,27,28). The molecule has 1 amide bonds. The number of aromatic amines is 1. The molecule has 0 spiro atoms. The molecule has 0 radical (unpaired) electrons. The van der Waals surface area contributed by atoms with Gasteiger partial charge in [-0.1, -0.05) is 18.2 Å². The van der Waals surface area contributed by atoms with E-state index in [1.165, 1.54) is 28.6 Å². The molecule has 9 heteroatoms. The Morgan fingerprint density at radius 3 is 2.68 bits per heavy atom. The smallest absolute Gasteiger partial charge is 0.352 e. The first-order valence-corrected chi connectivity index (χ1v) is 11.0. The summed E-state index contributed by atoms with van der Waals surface area (Å²) in [6.45, 7) is 0.360. The van der Waals surface area contributed by atoms with Crippen molar-refractivity contribution in [3.05, 3.63) is 77.1 Å². The van der Waals surface area contributed by atoms with Gasteiger partial charge in [0.05, 0.1) is 16.2 Å². The van der Waals surface area contributed by atoms with E-state index in [0.29, 0.717) is 35.6 Å². The fourth-order valence-corrected chi connectivity index (χ4v) is 5.46. The van der Waals surface area contributed by atoms with Crippen molar-refractivity contribution in [2.45, 2.75) is 11.3 Å². The molecule has 0 fully saturated rings. The van der Waals surface area contributed by atoms with Crippen molar-refractivity contribution in [3.8, 4) is 0 Å². The maximum Gasteiger partial charge on any atom is 0.352 e. The SMILES string of the molecule is O=C1Nc2ccc(S(=O)(=O)N3CCc4ccccc43)cc2C1=Cc1ccc(C(=O)O)[nH]1. The van der Waals surface area contributed by atoms with Gasteiger partial charge in [0.15, 0.2) is 0 Å². The number of hydrogen-bond acceptors (Lipinski definition) is 4. The van der Waals surface area contributed by atoms with Crippen LogP contribution in [0.4, 0.5) is 11.4 Å². The number of nitrogens with zero attached hydrogens (tertiary/aromatic N) is 1. The highest BCUT2D eigenvalue weighted by Gasteiger charge is 2.33. The zero-order valence-electron chi connectivity index (χ0n) is 16.1. The van der Waals surface area contributed by atoms with Crippen LogP contribution in [0.25, 0.3) is 11.6 Å². The number of carboxylic acids is 1. The Morgan fingerprint density at radius 1 is 1.10 bits per heavy atom. The highest BCUT2D eigenvalue weighted by molar-refractivity contribution is 7.92. The number of hydrogen-bond donors (Lipinski definition) is 3. The summed E-state index contributed by atoms with van der Waals surface area (Å²) in [6.07, 6.45) is 2.15. The number of fused-ring (bicyclic) bond motifs is 2. The average Bonchev–Trinajstić information content (AvgIpc) is 3.46. The zero-order chi connectivity index (χ0) is 21.8. The van der Waals surface area contributed by atoms with E-state index in [2.05, 4.69) is 10.3 Å². The van der Waals surface area contributed by atoms with Crippen molar-refractivity contribution in [2.24, 2.45) is 0 Å². The largest absolute Gasteiger partial charge is 0.477 e. The highest BCUT2D eigenvalue weighted by Crippen LogP contribution is 2.37. The number of carboxylic acid groups (broad SMARTS) is 1. The van der Waals surface area contributed by atoms with E-state index in [0.717, 1.165) is 5.56 Å². The van der Waals surface area contributed by atoms with Gasteiger partial charge in [0.2, 0.25) is 0 Å². The minimum atomic E-state index is -3.81. The first-order chi connectivity index (χ1) is 14.8. The van der Waals surface area contributed by atoms with Gasteiger partial charge in [0, 0.05) is 23.5 Å². The molecule has 0 saturated carbocycles. The zero-order valence-corrected chi connectivity index (χ0v) is 16.9. The molecule has 5 rings (SSSR count). The van der Waals surface area contributed by atoms with Crippen molar-refractivity contribution in [2.75, 3.05) is 16.2 Å². The lowest BCUT2D eigenvalue weighted by Gasteiger charge is -2.20. The molecule has 0 unspecified atom stereocenters. The van der Waals surface area contributed by atoms with Gasteiger partial charge >= 0.3 is 5.97 Å². The number of carbonyl (C=O) groups excluding carboxylic acids is 1. The number of amides is 1. The van der Waals surface area contributed by atoms with Gasteiger partial charge in [-0.3, -0.25) is 9.10 Å². The Hall–Kier alpha value is -3.85. The fourth-order valence-electron chi connectivity index (χ4n) is 3.93. The first-order valence-electron chi connectivity index (χ1n) is 9.55. The highest BCUT2D eigenvalue weighted by atomic mass is 32.2. The van der Waals surface area contributed by atoms with Crippen molar-refractivity contribution in [1.82, 2.24) is 4.98 Å². The van der Waals surface area contributed by atoms with Gasteiger partial charge in [-0.2, -0.15) is 0 Å². The average molecular weight is 435 g/mol. The molecule has 0 aliphatic carbocycles. The van der Waals surface area contributed by atoms with Crippen molar-refractivity contribution in [1.29, 1.82) is 0 Å². The summed E-state index contributed by atoms with van der Waals surface area (Å²) in [5.74, 6) is -1.50. The summed E-state index contributed by atoms with van der Waals surface area (Å²) < 4.78 is 28.1. The monoisotopic (exact) mass is 435 g/mol. The summed E-state index contributed by atoms with van der Waals surface area (Å²) in [5.41, 5.74) is 3.28. The summed E-state index contributed by atoms with van der Waals surface area (Å²) in [5, 5.41) is 11.8. The lowest BCUT2D eigenvalue weighted by atomic mass is 10.1. The van der Waals surface area contributed by atoms with E-state index in [4.69, 9.17) is 5.11 Å². The van der Waals surface area contributed by atoms with Crippen LogP contribution in [-0.4, -0.2) is 36.9 Å². The maximum absolute atomic E-state index is 13.4. The molecular weight excluding hydrogens is 418 g/mol. The van der Waals surface area contributed by atoms with Gasteiger partial charge in [-0.25, -0.2) is 13.2 Å². The summed E-state index contributed by atoms with van der Waals surface area (Å²) in [7, 11) is -3.81. The second-order valence-corrected chi connectivity index (χ2v) is 9.17. The number of carbonyl (C=O) groups is 2. The van der Waals surface area contributed by atoms with E-state index < -0.39 is 16.0 Å². The number of aromatic carboxylic acids is 1. The Labute approximate surface area is 177 Å². The lowest BCUT2D eigenvalue weighted by molar-refractivity contribution is -0.110. The third-order valence-corrected chi connectivity index (χ3v) is 7.25. The Bertz CT molecular complexity index is 1390. The second kappa shape index (κ2) is 6.85. The van der Waals surface area contributed by atoms with E-state index >= 15 is 0 Å². The number of benzene rings is 2. The van der Waals surface area contributed by atoms with Crippen LogP contribution < -0.4 is 9.62 Å². The molecule has 0 saturated heterocycles. The third kappa shape index (κ3) is 3.10. The van der Waals surface area contributed by atoms with Crippen molar-refractivity contribution in [3.63, 3.8) is 0 Å². The normalized spacial score (nSPS) is 16.3. The predicted molar refractivity (Wildman–Crippen MR) is 115 cm³/mol. The minimum Gasteiger partial charge on any atom is -0.477 e. The number of para-hydroxylation sites is 1. The number of nitrogens with one attached hydrogen (secondary N) is 2.